The molecule has 2 aliphatic heterocycles. The van der Waals surface area contributed by atoms with Crippen LogP contribution in [0, 0.1) is 13.8 Å². The highest BCUT2D eigenvalue weighted by atomic mass is 15.3. The Kier molecular flexibility index (Phi) is 4.27. The Labute approximate surface area is 143 Å². The number of benzene rings is 1. The molecule has 3 heterocycles. The Bertz CT molecular complexity index is 730. The first-order chi connectivity index (χ1) is 11.7. The molecule has 0 saturated carbocycles. The van der Waals surface area contributed by atoms with Crippen LogP contribution in [-0.2, 0) is 0 Å². The number of piperidine rings is 1. The predicted molar refractivity (Wildman–Crippen MR) is 100.0 cm³/mol. The summed E-state index contributed by atoms with van der Waals surface area (Å²) in [4.78, 5) is 12.1. The van der Waals surface area contributed by atoms with Gasteiger partial charge in [0.1, 0.15) is 5.82 Å². The summed E-state index contributed by atoms with van der Waals surface area (Å²) in [5.41, 5.74) is 3.64. The molecule has 0 bridgehead atoms. The van der Waals surface area contributed by atoms with E-state index in [-0.39, 0.29) is 0 Å². The highest BCUT2D eigenvalue weighted by Crippen LogP contribution is 2.28. The molecule has 2 N–H and O–H groups in total. The van der Waals surface area contributed by atoms with Crippen LogP contribution in [0.4, 0.5) is 11.8 Å². The van der Waals surface area contributed by atoms with Crippen LogP contribution in [0.1, 0.15) is 36.8 Å². The van der Waals surface area contributed by atoms with Gasteiger partial charge in [-0.2, -0.15) is 4.98 Å². The third-order valence-electron chi connectivity index (χ3n) is 5.33. The van der Waals surface area contributed by atoms with Crippen LogP contribution in [0.25, 0.3) is 10.9 Å². The molecule has 2 aromatic rings. The number of aryl methyl sites for hydroxylation is 2. The normalized spacial score (nSPS) is 21.4. The second kappa shape index (κ2) is 6.55. The zero-order valence-electron chi connectivity index (χ0n) is 14.7. The number of nitrogens with one attached hydrogen (secondary N) is 2. The maximum atomic E-state index is 4.92. The van der Waals surface area contributed by atoms with Gasteiger partial charge in [-0.25, -0.2) is 4.98 Å². The third-order valence-corrected chi connectivity index (χ3v) is 5.33. The maximum Gasteiger partial charge on any atom is 0.227 e. The fraction of sp³-hybridized carbons (Fsp3) is 0.579. The molecule has 0 aliphatic carbocycles. The summed E-state index contributed by atoms with van der Waals surface area (Å²) in [6.45, 7) is 8.59. The molecule has 2 saturated heterocycles. The Morgan fingerprint density at radius 3 is 2.62 bits per heavy atom. The number of anilines is 2. The molecule has 128 valence electrons. The average molecular weight is 325 g/mol. The minimum atomic E-state index is 0.449. The summed E-state index contributed by atoms with van der Waals surface area (Å²) in [5.74, 6) is 1.88. The summed E-state index contributed by atoms with van der Waals surface area (Å²) in [6, 6.07) is 4.89. The van der Waals surface area contributed by atoms with Crippen molar-refractivity contribution in [2.45, 2.75) is 45.6 Å². The van der Waals surface area contributed by atoms with Crippen molar-refractivity contribution in [3.63, 3.8) is 0 Å². The fourth-order valence-electron chi connectivity index (χ4n) is 3.71. The van der Waals surface area contributed by atoms with Gasteiger partial charge in [-0.1, -0.05) is 0 Å². The topological polar surface area (TPSA) is 53.1 Å². The summed E-state index contributed by atoms with van der Waals surface area (Å²) >= 11 is 0. The maximum absolute atomic E-state index is 4.92. The van der Waals surface area contributed by atoms with E-state index in [0.29, 0.717) is 6.04 Å². The lowest BCUT2D eigenvalue weighted by Gasteiger charge is -2.26. The zero-order valence-corrected chi connectivity index (χ0v) is 14.7. The van der Waals surface area contributed by atoms with E-state index < -0.39 is 0 Å². The van der Waals surface area contributed by atoms with Crippen LogP contribution in [0.15, 0.2) is 12.1 Å². The van der Waals surface area contributed by atoms with E-state index in [9.17, 15) is 0 Å². The highest BCUT2D eigenvalue weighted by molar-refractivity contribution is 5.91. The van der Waals surface area contributed by atoms with Crippen molar-refractivity contribution in [1.29, 1.82) is 0 Å². The summed E-state index contributed by atoms with van der Waals surface area (Å²) in [6.07, 6.45) is 4.90. The van der Waals surface area contributed by atoms with Gasteiger partial charge in [0, 0.05) is 31.1 Å². The van der Waals surface area contributed by atoms with E-state index in [1.165, 1.54) is 36.8 Å². The minimum Gasteiger partial charge on any atom is -0.365 e. The van der Waals surface area contributed by atoms with Crippen molar-refractivity contribution in [3.8, 4) is 0 Å². The van der Waals surface area contributed by atoms with Gasteiger partial charge in [-0.3, -0.25) is 0 Å². The van der Waals surface area contributed by atoms with E-state index in [1.807, 2.05) is 0 Å². The Balaban J connectivity index is 1.76. The van der Waals surface area contributed by atoms with Crippen LogP contribution < -0.4 is 15.5 Å². The van der Waals surface area contributed by atoms with Crippen molar-refractivity contribution in [2.75, 3.05) is 36.4 Å². The van der Waals surface area contributed by atoms with E-state index in [0.717, 1.165) is 48.8 Å². The van der Waals surface area contributed by atoms with Gasteiger partial charge >= 0.3 is 0 Å². The van der Waals surface area contributed by atoms with Crippen LogP contribution in [0.5, 0.6) is 0 Å². The average Bonchev–Trinajstić information content (AvgIpc) is 3.12. The van der Waals surface area contributed by atoms with Gasteiger partial charge in [0.05, 0.1) is 5.52 Å². The quantitative estimate of drug-likeness (QED) is 0.908. The summed E-state index contributed by atoms with van der Waals surface area (Å²) in [5, 5.41) is 8.32. The van der Waals surface area contributed by atoms with Crippen molar-refractivity contribution in [1.82, 2.24) is 15.3 Å². The van der Waals surface area contributed by atoms with Gasteiger partial charge in [0.2, 0.25) is 5.95 Å². The van der Waals surface area contributed by atoms with E-state index in [1.54, 1.807) is 0 Å². The van der Waals surface area contributed by atoms with Gasteiger partial charge < -0.3 is 15.5 Å². The second-order valence-electron chi connectivity index (χ2n) is 7.21. The van der Waals surface area contributed by atoms with Crippen LogP contribution in [0.2, 0.25) is 0 Å². The van der Waals surface area contributed by atoms with Crippen molar-refractivity contribution in [3.05, 3.63) is 23.3 Å². The van der Waals surface area contributed by atoms with E-state index in [4.69, 9.17) is 9.97 Å². The fourth-order valence-corrected chi connectivity index (χ4v) is 3.71. The largest absolute Gasteiger partial charge is 0.365 e. The molecule has 5 nitrogen and oxygen atoms in total. The number of rotatable bonds is 3. The molecule has 1 aromatic heterocycles. The number of hydrogen-bond donors (Lipinski definition) is 2. The zero-order chi connectivity index (χ0) is 16.5. The van der Waals surface area contributed by atoms with Gasteiger partial charge in [-0.05, 0) is 69.3 Å². The molecule has 2 aliphatic rings. The smallest absolute Gasteiger partial charge is 0.227 e. The van der Waals surface area contributed by atoms with Gasteiger partial charge in [-0.15, -0.1) is 0 Å². The summed E-state index contributed by atoms with van der Waals surface area (Å²) < 4.78 is 0. The van der Waals surface area contributed by atoms with Gasteiger partial charge in [0.15, 0.2) is 0 Å². The number of aromatic nitrogens is 2. The molecule has 0 amide bonds. The molecule has 2 fully saturated rings. The van der Waals surface area contributed by atoms with Gasteiger partial charge in [0.25, 0.3) is 0 Å². The molecule has 1 atom stereocenters. The molecule has 0 spiro atoms. The Morgan fingerprint density at radius 2 is 1.88 bits per heavy atom. The van der Waals surface area contributed by atoms with Crippen LogP contribution in [-0.4, -0.2) is 42.2 Å². The lowest BCUT2D eigenvalue weighted by Crippen LogP contribution is -2.38. The summed E-state index contributed by atoms with van der Waals surface area (Å²) in [7, 11) is 0. The first-order valence-corrected chi connectivity index (χ1v) is 9.22. The standard InChI is InChI=1S/C19H27N5/c1-13-10-16-17(11-14(13)2)22-19(24-8-3-4-9-24)23-18(16)21-15-6-5-7-20-12-15/h10-11,15,20H,3-9,12H2,1-2H3,(H,21,22,23)/t15-/m0/s1. The molecule has 24 heavy (non-hydrogen) atoms. The first kappa shape index (κ1) is 15.6. The lowest BCUT2D eigenvalue weighted by molar-refractivity contribution is 0.479. The number of fused-ring (bicyclic) bond motifs is 1. The third kappa shape index (κ3) is 3.05. The van der Waals surface area contributed by atoms with Crippen LogP contribution >= 0.6 is 0 Å². The number of hydrogen-bond acceptors (Lipinski definition) is 5. The monoisotopic (exact) mass is 325 g/mol. The number of nitrogens with zero attached hydrogens (tertiary/aromatic N) is 3. The van der Waals surface area contributed by atoms with Crippen LogP contribution in [0.3, 0.4) is 0 Å². The molecule has 1 aromatic carbocycles. The molecular weight excluding hydrogens is 298 g/mol. The SMILES string of the molecule is Cc1cc2nc(N3CCCC3)nc(N[C@H]3CCCNC3)c2cc1C. The first-order valence-electron chi connectivity index (χ1n) is 9.22. The molecule has 0 radical (unpaired) electrons. The Hall–Kier alpha value is -1.88. The lowest BCUT2D eigenvalue weighted by atomic mass is 10.1. The molecular formula is C19H27N5. The second-order valence-corrected chi connectivity index (χ2v) is 7.21. The Morgan fingerprint density at radius 1 is 1.08 bits per heavy atom. The van der Waals surface area contributed by atoms with Crippen molar-refractivity contribution >= 4 is 22.7 Å². The molecule has 4 rings (SSSR count). The van der Waals surface area contributed by atoms with Crippen molar-refractivity contribution in [2.24, 2.45) is 0 Å². The van der Waals surface area contributed by atoms with E-state index in [2.05, 4.69) is 41.5 Å². The molecule has 0 unspecified atom stereocenters. The highest BCUT2D eigenvalue weighted by Gasteiger charge is 2.20. The van der Waals surface area contributed by atoms with Crippen molar-refractivity contribution < 1.29 is 0 Å². The van der Waals surface area contributed by atoms with E-state index >= 15 is 0 Å². The predicted octanol–water partition coefficient (Wildman–Crippen LogP) is 3.01. The minimum absolute atomic E-state index is 0.449. The molecule has 5 heteroatoms.